The molecule has 57 heavy (non-hydrogen) atoms. The van der Waals surface area contributed by atoms with Crippen LogP contribution in [0.2, 0.25) is 0 Å². The molecule has 1 aliphatic heterocycles. The summed E-state index contributed by atoms with van der Waals surface area (Å²) in [4.78, 5) is 9.28. The molecule has 5 nitrogen and oxygen atoms in total. The van der Waals surface area contributed by atoms with Crippen LogP contribution in [0.3, 0.4) is 0 Å². The Kier molecular flexibility index (Phi) is 7.58. The molecule has 9 aromatic rings. The predicted octanol–water partition coefficient (Wildman–Crippen LogP) is 13.8. The summed E-state index contributed by atoms with van der Waals surface area (Å²) in [6.07, 6.45) is 1.90. The molecule has 5 heteroatoms. The summed E-state index contributed by atoms with van der Waals surface area (Å²) in [5.74, 6) is 2.26. The lowest BCUT2D eigenvalue weighted by molar-refractivity contribution is 0.483. The number of nitrogens with zero attached hydrogens (tertiary/aromatic N) is 4. The van der Waals surface area contributed by atoms with E-state index in [1.54, 1.807) is 0 Å². The molecule has 0 aliphatic carbocycles. The van der Waals surface area contributed by atoms with Gasteiger partial charge in [0.25, 0.3) is 0 Å². The highest BCUT2D eigenvalue weighted by Crippen LogP contribution is 2.50. The molecule has 3 heterocycles. The molecule has 0 fully saturated rings. The number of fused-ring (bicyclic) bond motifs is 4. The van der Waals surface area contributed by atoms with E-state index in [-0.39, 0.29) is 23.5 Å². The summed E-state index contributed by atoms with van der Waals surface area (Å²) in [7, 11) is 0. The average molecular weight is 742 g/mol. The average Bonchev–Trinajstić information content (AvgIpc) is 3.82. The fourth-order valence-electron chi connectivity index (χ4n) is 8.04. The van der Waals surface area contributed by atoms with Crippen molar-refractivity contribution in [3.8, 4) is 39.6 Å². The van der Waals surface area contributed by atoms with Crippen LogP contribution in [0, 0.1) is 0 Å². The number of para-hydroxylation sites is 4. The molecule has 0 atom stereocenters. The van der Waals surface area contributed by atoms with E-state index in [2.05, 4.69) is 108 Å². The number of pyridine rings is 1. The summed E-state index contributed by atoms with van der Waals surface area (Å²) in [6.45, 7) is 7.06. The van der Waals surface area contributed by atoms with Gasteiger partial charge in [-0.3, -0.25) is 4.57 Å². The third-order valence-electron chi connectivity index (χ3n) is 10.8. The van der Waals surface area contributed by atoms with Crippen LogP contribution in [0.25, 0.3) is 49.9 Å². The molecule has 276 valence electrons. The minimum absolute atomic E-state index is 0.0286. The Morgan fingerprint density at radius 2 is 1.21 bits per heavy atom. The van der Waals surface area contributed by atoms with Crippen molar-refractivity contribution in [2.45, 2.75) is 26.2 Å². The molecular weight excluding hydrogens is 697 g/mol. The molecule has 0 saturated heterocycles. The number of hydrogen-bond acceptors (Lipinski definition) is 4. The van der Waals surface area contributed by atoms with Gasteiger partial charge in [0.15, 0.2) is 0 Å². The molecule has 1 aliphatic rings. The van der Waals surface area contributed by atoms with E-state index in [9.17, 15) is 2.74 Å². The van der Waals surface area contributed by atoms with Crippen molar-refractivity contribution >= 4 is 44.6 Å². The van der Waals surface area contributed by atoms with Crippen LogP contribution in [0.15, 0.2) is 188 Å². The second-order valence-electron chi connectivity index (χ2n) is 15.5. The van der Waals surface area contributed by atoms with Crippen LogP contribution in [0.1, 0.15) is 30.4 Å². The zero-order chi connectivity index (χ0) is 41.1. The van der Waals surface area contributed by atoms with Gasteiger partial charge < -0.3 is 14.5 Å². The lowest BCUT2D eigenvalue weighted by Crippen LogP contribution is -2.24. The largest absolute Gasteiger partial charge is 0.457 e. The van der Waals surface area contributed by atoms with Gasteiger partial charge in [0.1, 0.15) is 24.0 Å². The summed E-state index contributed by atoms with van der Waals surface area (Å²) >= 11 is 0. The van der Waals surface area contributed by atoms with E-state index < -0.39 is 0 Å². The first kappa shape index (κ1) is 31.1. The molecule has 0 unspecified atom stereocenters. The first-order valence-electron chi connectivity index (χ1n) is 20.8. The Morgan fingerprint density at radius 1 is 0.579 bits per heavy atom. The Labute approximate surface area is 337 Å². The van der Waals surface area contributed by atoms with Gasteiger partial charge in [-0.25, -0.2) is 4.98 Å². The zero-order valence-corrected chi connectivity index (χ0v) is 32.1. The Hall–Kier alpha value is -7.11. The minimum atomic E-state index is -0.0983. The lowest BCUT2D eigenvalue weighted by atomic mass is 9.88. The standard InChI is InChI=1S/C52H42N4O/c1-52(2,3)38-30-31-53-50(32-38)56-46-25-11-10-22-44(46)45-29-28-41(34-49(45)56)57-40-21-14-20-39(33-40)54-35-55(48-27-13-12-26-47(48)54)51-42(36-16-6-4-7-17-36)23-15-24-43(51)37-18-8-5-9-19-37/h4-34H,35H2,1-3H3/i15D,23D,24D. The van der Waals surface area contributed by atoms with Crippen LogP contribution in [-0.4, -0.2) is 16.2 Å². The molecule has 0 radical (unpaired) electrons. The summed E-state index contributed by atoms with van der Waals surface area (Å²) in [6, 6.07) is 54.9. The topological polar surface area (TPSA) is 33.5 Å². The number of hydrogen-bond donors (Lipinski definition) is 0. The lowest BCUT2D eigenvalue weighted by Gasteiger charge is -2.27. The van der Waals surface area contributed by atoms with E-state index in [1.807, 2.05) is 97.2 Å². The van der Waals surface area contributed by atoms with E-state index in [1.165, 1.54) is 5.56 Å². The minimum Gasteiger partial charge on any atom is -0.457 e. The second-order valence-corrected chi connectivity index (χ2v) is 15.5. The van der Waals surface area contributed by atoms with Gasteiger partial charge in [0.05, 0.1) is 32.2 Å². The molecule has 7 aromatic carbocycles. The second kappa shape index (κ2) is 13.9. The monoisotopic (exact) mass is 741 g/mol. The van der Waals surface area contributed by atoms with Crippen LogP contribution in [0.4, 0.5) is 22.7 Å². The third kappa shape index (κ3) is 6.18. The first-order chi connectivity index (χ1) is 29.2. The predicted molar refractivity (Wildman–Crippen MR) is 237 cm³/mol. The smallest absolute Gasteiger partial charge is 0.137 e. The molecule has 10 rings (SSSR count). The van der Waals surface area contributed by atoms with Gasteiger partial charge in [-0.1, -0.05) is 136 Å². The molecular formula is C52H42N4O. The Morgan fingerprint density at radius 3 is 1.93 bits per heavy atom. The van der Waals surface area contributed by atoms with Gasteiger partial charge >= 0.3 is 0 Å². The zero-order valence-electron chi connectivity index (χ0n) is 35.1. The number of benzene rings is 7. The fourth-order valence-corrected chi connectivity index (χ4v) is 8.04. The van der Waals surface area contributed by atoms with Crippen molar-refractivity contribution in [2.24, 2.45) is 0 Å². The van der Waals surface area contributed by atoms with Crippen LogP contribution < -0.4 is 14.5 Å². The molecule has 0 saturated carbocycles. The highest BCUT2D eigenvalue weighted by atomic mass is 16.5. The quantitative estimate of drug-likeness (QED) is 0.163. The summed E-state index contributed by atoms with van der Waals surface area (Å²) < 4.78 is 36.5. The summed E-state index contributed by atoms with van der Waals surface area (Å²) in [5, 5.41) is 2.28. The highest BCUT2D eigenvalue weighted by molar-refractivity contribution is 6.09. The molecule has 0 spiro atoms. The van der Waals surface area contributed by atoms with E-state index in [4.69, 9.17) is 11.1 Å². The fraction of sp³-hybridized carbons (Fsp3) is 0.0962. The molecule has 0 bridgehead atoms. The van der Waals surface area contributed by atoms with Crippen LogP contribution in [-0.2, 0) is 5.41 Å². The normalized spacial score (nSPS) is 13.4. The maximum absolute atomic E-state index is 9.28. The SMILES string of the molecule is [2H]c1c([2H])c(-c2ccccc2)c(N2CN(c3cccc(Oc4ccc5c6ccccc6n(-c6cc(C(C)(C)C)ccn6)c5c4)c3)c3ccccc32)c(-c2ccccc2)c1[2H]. The number of ether oxygens (including phenoxy) is 1. The number of rotatable bonds is 7. The number of anilines is 4. The Balaban J connectivity index is 1.06. The van der Waals surface area contributed by atoms with Gasteiger partial charge in [-0.05, 0) is 76.7 Å². The highest BCUT2D eigenvalue weighted by Gasteiger charge is 2.31. The first-order valence-corrected chi connectivity index (χ1v) is 19.3. The Bertz CT molecular complexity index is 3020. The van der Waals surface area contributed by atoms with Gasteiger partial charge in [-0.15, -0.1) is 0 Å². The van der Waals surface area contributed by atoms with Crippen LogP contribution in [0.5, 0.6) is 11.5 Å². The maximum Gasteiger partial charge on any atom is 0.137 e. The summed E-state index contributed by atoms with van der Waals surface area (Å²) in [5.41, 5.74) is 9.75. The van der Waals surface area contributed by atoms with Gasteiger partial charge in [0, 0.05) is 45.9 Å². The van der Waals surface area contributed by atoms with Crippen molar-refractivity contribution in [1.29, 1.82) is 0 Å². The van der Waals surface area contributed by atoms with E-state index in [0.29, 0.717) is 29.3 Å². The van der Waals surface area contributed by atoms with E-state index >= 15 is 0 Å². The van der Waals surface area contributed by atoms with E-state index in [0.717, 1.165) is 61.5 Å². The van der Waals surface area contributed by atoms with Crippen molar-refractivity contribution in [1.82, 2.24) is 9.55 Å². The van der Waals surface area contributed by atoms with Crippen molar-refractivity contribution in [3.05, 3.63) is 194 Å². The molecule has 0 N–H and O–H groups in total. The molecule has 0 amide bonds. The third-order valence-corrected chi connectivity index (χ3v) is 10.8. The van der Waals surface area contributed by atoms with Crippen molar-refractivity contribution in [2.75, 3.05) is 16.5 Å². The van der Waals surface area contributed by atoms with Crippen molar-refractivity contribution in [3.63, 3.8) is 0 Å². The van der Waals surface area contributed by atoms with Crippen molar-refractivity contribution < 1.29 is 8.85 Å². The van der Waals surface area contributed by atoms with Crippen LogP contribution >= 0.6 is 0 Å². The van der Waals surface area contributed by atoms with Gasteiger partial charge in [0.2, 0.25) is 0 Å². The number of aromatic nitrogens is 2. The maximum atomic E-state index is 9.28. The molecule has 2 aromatic heterocycles. The van der Waals surface area contributed by atoms with Gasteiger partial charge in [-0.2, -0.15) is 0 Å².